The van der Waals surface area contributed by atoms with Gasteiger partial charge in [0.2, 0.25) is 0 Å². The van der Waals surface area contributed by atoms with Crippen molar-refractivity contribution >= 4 is 27.1 Å². The van der Waals surface area contributed by atoms with Crippen molar-refractivity contribution in [3.05, 3.63) is 12.1 Å². The third kappa shape index (κ3) is 1.90. The molecule has 0 atom stereocenters. The molecule has 0 spiro atoms. The molecule has 80 valence electrons. The van der Waals surface area contributed by atoms with Crippen LogP contribution in [-0.2, 0) is 9.84 Å². The number of hydrogen-bond donors (Lipinski definition) is 0. The smallest absolute Gasteiger partial charge is 0.200 e. The molecule has 0 unspecified atom stereocenters. The number of sulfone groups is 1. The summed E-state index contributed by atoms with van der Waals surface area (Å²) in [6.45, 7) is 0. The molecule has 0 aliphatic carbocycles. The van der Waals surface area contributed by atoms with Crippen molar-refractivity contribution in [3.63, 3.8) is 0 Å². The minimum Gasteiger partial charge on any atom is -0.222 e. The van der Waals surface area contributed by atoms with Crippen LogP contribution < -0.4 is 0 Å². The lowest BCUT2D eigenvalue weighted by Gasteiger charge is -1.99. The van der Waals surface area contributed by atoms with Gasteiger partial charge in [0, 0.05) is 5.88 Å². The van der Waals surface area contributed by atoms with E-state index >= 15 is 0 Å². The number of nitrogens with zero attached hydrogens (tertiary/aromatic N) is 5. The summed E-state index contributed by atoms with van der Waals surface area (Å²) in [4.78, 5) is 0. The van der Waals surface area contributed by atoms with Crippen molar-refractivity contribution in [1.29, 1.82) is 0 Å². The van der Waals surface area contributed by atoms with Gasteiger partial charge in [-0.15, -0.1) is 26.4 Å². The van der Waals surface area contributed by atoms with Gasteiger partial charge in [-0.1, -0.05) is 0 Å². The minimum atomic E-state index is -3.44. The first-order valence-electron chi connectivity index (χ1n) is 3.97. The number of halogens is 1. The second kappa shape index (κ2) is 3.70. The molecule has 2 aromatic heterocycles. The first kappa shape index (κ1) is 10.2. The molecule has 2 aromatic rings. The second-order valence-corrected chi connectivity index (χ2v) is 5.14. The van der Waals surface area contributed by atoms with Crippen molar-refractivity contribution < 1.29 is 8.42 Å². The number of fused-ring (bicyclic) bond motifs is 1. The molecule has 0 fully saturated rings. The van der Waals surface area contributed by atoms with Crippen molar-refractivity contribution in [2.45, 2.75) is 5.03 Å². The maximum Gasteiger partial charge on any atom is 0.200 e. The maximum atomic E-state index is 11.6. The predicted molar refractivity (Wildman–Crippen MR) is 51.3 cm³/mol. The molecule has 0 radical (unpaired) electrons. The van der Waals surface area contributed by atoms with Gasteiger partial charge < -0.3 is 0 Å². The largest absolute Gasteiger partial charge is 0.222 e. The number of rotatable bonds is 3. The molecule has 7 nitrogen and oxygen atoms in total. The van der Waals surface area contributed by atoms with Gasteiger partial charge in [0.25, 0.3) is 0 Å². The highest BCUT2D eigenvalue weighted by Gasteiger charge is 2.16. The van der Waals surface area contributed by atoms with Crippen LogP contribution in [0, 0.1) is 0 Å². The van der Waals surface area contributed by atoms with Crippen LogP contribution in [0.2, 0.25) is 0 Å². The second-order valence-electron chi connectivity index (χ2n) is 2.71. The zero-order chi connectivity index (χ0) is 10.9. The van der Waals surface area contributed by atoms with Crippen molar-refractivity contribution in [3.8, 4) is 0 Å². The third-order valence-electron chi connectivity index (χ3n) is 1.71. The van der Waals surface area contributed by atoms with Crippen LogP contribution in [-0.4, -0.2) is 45.3 Å². The van der Waals surface area contributed by atoms with E-state index in [0.717, 1.165) is 4.63 Å². The predicted octanol–water partition coefficient (Wildman–Crippen LogP) is -0.468. The van der Waals surface area contributed by atoms with Crippen LogP contribution in [0.25, 0.3) is 5.65 Å². The van der Waals surface area contributed by atoms with Crippen LogP contribution in [0.3, 0.4) is 0 Å². The molecule has 0 saturated carbocycles. The number of hydrogen-bond acceptors (Lipinski definition) is 6. The van der Waals surface area contributed by atoms with Crippen molar-refractivity contribution in [1.82, 2.24) is 25.3 Å². The molecule has 0 aromatic carbocycles. The summed E-state index contributed by atoms with van der Waals surface area (Å²) in [5.74, 6) is -0.132. The molecule has 15 heavy (non-hydrogen) atoms. The summed E-state index contributed by atoms with van der Waals surface area (Å²) < 4.78 is 24.2. The summed E-state index contributed by atoms with van der Waals surface area (Å²) >= 11 is 5.38. The molecular weight excluding hydrogens is 242 g/mol. The van der Waals surface area contributed by atoms with Crippen LogP contribution in [0.1, 0.15) is 0 Å². The first-order chi connectivity index (χ1) is 7.13. The molecule has 2 heterocycles. The quantitative estimate of drug-likeness (QED) is 0.682. The summed E-state index contributed by atoms with van der Waals surface area (Å²) in [6, 6.07) is 2.84. The van der Waals surface area contributed by atoms with E-state index in [-0.39, 0.29) is 16.7 Å². The summed E-state index contributed by atoms with van der Waals surface area (Å²) in [5, 5.41) is 14.1. The monoisotopic (exact) mass is 247 g/mol. The average molecular weight is 248 g/mol. The van der Waals surface area contributed by atoms with E-state index in [0.29, 0.717) is 5.65 Å². The fraction of sp³-hybridized carbons (Fsp3) is 0.333. The van der Waals surface area contributed by atoms with E-state index in [4.69, 9.17) is 11.6 Å². The summed E-state index contributed by atoms with van der Waals surface area (Å²) in [5.41, 5.74) is 0.389. The van der Waals surface area contributed by atoms with E-state index in [2.05, 4.69) is 20.6 Å². The van der Waals surface area contributed by atoms with Crippen LogP contribution in [0.5, 0.6) is 0 Å². The SMILES string of the molecule is O=S(=O)(CCCl)c1ccc2nnnn2n1. The topological polar surface area (TPSA) is 90.1 Å². The lowest BCUT2D eigenvalue weighted by molar-refractivity contribution is 0.586. The van der Waals surface area contributed by atoms with Gasteiger partial charge in [-0.05, 0) is 22.6 Å². The number of alkyl halides is 1. The minimum absolute atomic E-state index is 0.0255. The third-order valence-corrected chi connectivity index (χ3v) is 3.72. The normalized spacial score (nSPS) is 12.1. The first-order valence-corrected chi connectivity index (χ1v) is 6.16. The molecule has 0 saturated heterocycles. The molecule has 0 aliphatic rings. The Bertz CT molecular complexity index is 580. The lowest BCUT2D eigenvalue weighted by atomic mass is 10.6. The highest BCUT2D eigenvalue weighted by Crippen LogP contribution is 2.08. The number of tetrazole rings is 1. The Morgan fingerprint density at radius 2 is 2.20 bits per heavy atom. The Labute approximate surface area is 90.0 Å². The van der Waals surface area contributed by atoms with Gasteiger partial charge in [0.05, 0.1) is 5.75 Å². The highest BCUT2D eigenvalue weighted by atomic mass is 35.5. The van der Waals surface area contributed by atoms with Gasteiger partial charge in [-0.3, -0.25) is 0 Å². The van der Waals surface area contributed by atoms with E-state index < -0.39 is 9.84 Å². The van der Waals surface area contributed by atoms with Crippen LogP contribution in [0.4, 0.5) is 0 Å². The molecule has 0 aliphatic heterocycles. The fourth-order valence-corrected chi connectivity index (χ4v) is 2.50. The zero-order valence-electron chi connectivity index (χ0n) is 7.41. The van der Waals surface area contributed by atoms with E-state index in [1.807, 2.05) is 0 Å². The maximum absolute atomic E-state index is 11.6. The van der Waals surface area contributed by atoms with Crippen LogP contribution in [0.15, 0.2) is 17.2 Å². The Morgan fingerprint density at radius 1 is 1.40 bits per heavy atom. The molecule has 0 amide bonds. The Morgan fingerprint density at radius 3 is 2.93 bits per heavy atom. The fourth-order valence-electron chi connectivity index (χ4n) is 1.01. The van der Waals surface area contributed by atoms with E-state index in [1.165, 1.54) is 12.1 Å². The van der Waals surface area contributed by atoms with Gasteiger partial charge in [0.15, 0.2) is 20.5 Å². The molecule has 2 rings (SSSR count). The lowest BCUT2D eigenvalue weighted by Crippen LogP contribution is -2.12. The molecular formula is C6H6ClN5O2S. The van der Waals surface area contributed by atoms with Crippen LogP contribution >= 0.6 is 11.6 Å². The molecule has 0 bridgehead atoms. The standard InChI is InChI=1S/C6H6ClN5O2S/c7-3-4-15(13,14)6-2-1-5-8-10-11-12(5)9-6/h1-2H,3-4H2. The number of aromatic nitrogens is 5. The molecule has 0 N–H and O–H groups in total. The molecule has 9 heteroatoms. The van der Waals surface area contributed by atoms with Crippen molar-refractivity contribution in [2.24, 2.45) is 0 Å². The van der Waals surface area contributed by atoms with Gasteiger partial charge in [-0.25, -0.2) is 8.42 Å². The Kier molecular flexibility index (Phi) is 2.53. The zero-order valence-corrected chi connectivity index (χ0v) is 8.98. The van der Waals surface area contributed by atoms with Gasteiger partial charge >= 0.3 is 0 Å². The van der Waals surface area contributed by atoms with Crippen molar-refractivity contribution in [2.75, 3.05) is 11.6 Å². The summed E-state index contributed by atoms with van der Waals surface area (Å²) in [7, 11) is -3.44. The van der Waals surface area contributed by atoms with Gasteiger partial charge in [0.1, 0.15) is 0 Å². The average Bonchev–Trinajstić information content (AvgIpc) is 2.63. The Balaban J connectivity index is 2.52. The Hall–Kier alpha value is -1.28. The van der Waals surface area contributed by atoms with Gasteiger partial charge in [-0.2, -0.15) is 0 Å². The highest BCUT2D eigenvalue weighted by molar-refractivity contribution is 7.91. The summed E-state index contributed by atoms with van der Waals surface area (Å²) in [6.07, 6.45) is 0. The van der Waals surface area contributed by atoms with E-state index in [9.17, 15) is 8.42 Å². The van der Waals surface area contributed by atoms with E-state index in [1.54, 1.807) is 0 Å².